The predicted molar refractivity (Wildman–Crippen MR) is 40.9 cm³/mol. The third-order valence-corrected chi connectivity index (χ3v) is 1.91. The van der Waals surface area contributed by atoms with Gasteiger partial charge in [0.15, 0.2) is 0 Å². The molecule has 0 aromatic heterocycles. The Morgan fingerprint density at radius 3 is 3.00 bits per heavy atom. The quantitative estimate of drug-likeness (QED) is 0.572. The number of rotatable bonds is 3. The maximum atomic E-state index is 5.36. The van der Waals surface area contributed by atoms with Crippen LogP contribution in [-0.4, -0.2) is 31.8 Å². The second-order valence-corrected chi connectivity index (χ2v) is 3.08. The van der Waals surface area contributed by atoms with E-state index in [1.807, 2.05) is 0 Å². The summed E-state index contributed by atoms with van der Waals surface area (Å²) in [4.78, 5) is 0. The molecule has 1 aliphatic rings. The van der Waals surface area contributed by atoms with Gasteiger partial charge in [0.25, 0.3) is 0 Å². The second-order valence-electron chi connectivity index (χ2n) is 3.08. The van der Waals surface area contributed by atoms with Gasteiger partial charge in [0.05, 0.1) is 6.61 Å². The molecule has 0 aromatic rings. The van der Waals surface area contributed by atoms with Crippen molar-refractivity contribution >= 4 is 0 Å². The van der Waals surface area contributed by atoms with Crippen molar-refractivity contribution in [1.29, 1.82) is 0 Å². The molecule has 10 heavy (non-hydrogen) atoms. The highest BCUT2D eigenvalue weighted by atomic mass is 16.5. The topological polar surface area (TPSA) is 47.3 Å². The molecule has 0 aromatic carbocycles. The molecule has 0 radical (unpaired) electrons. The summed E-state index contributed by atoms with van der Waals surface area (Å²) in [5, 5.41) is 3.36. The van der Waals surface area contributed by atoms with Crippen LogP contribution in [0.1, 0.15) is 13.3 Å². The molecule has 1 aliphatic heterocycles. The Bertz CT molecular complexity index is 99.8. The molecule has 1 rings (SSSR count). The average Bonchev–Trinajstić information content (AvgIpc) is 2.33. The highest BCUT2D eigenvalue weighted by Crippen LogP contribution is 2.16. The van der Waals surface area contributed by atoms with E-state index in [0.717, 1.165) is 26.2 Å². The van der Waals surface area contributed by atoms with E-state index in [-0.39, 0.29) is 5.54 Å². The molecule has 0 bridgehead atoms. The minimum absolute atomic E-state index is 0.194. The van der Waals surface area contributed by atoms with Crippen LogP contribution in [-0.2, 0) is 4.74 Å². The maximum absolute atomic E-state index is 5.36. The zero-order valence-corrected chi connectivity index (χ0v) is 6.52. The fourth-order valence-electron chi connectivity index (χ4n) is 1.18. The number of nitrogens with one attached hydrogen (secondary N) is 1. The van der Waals surface area contributed by atoms with Crippen molar-refractivity contribution in [3.63, 3.8) is 0 Å². The van der Waals surface area contributed by atoms with Gasteiger partial charge in [-0.15, -0.1) is 0 Å². The third-order valence-electron chi connectivity index (χ3n) is 1.91. The molecule has 0 spiro atoms. The SMILES string of the molecule is CC1(NCCN)CCOC1. The molecular formula is C7H16N2O. The fraction of sp³-hybridized carbons (Fsp3) is 1.00. The van der Waals surface area contributed by atoms with Crippen LogP contribution in [0.2, 0.25) is 0 Å². The molecule has 1 unspecified atom stereocenters. The standard InChI is InChI=1S/C7H16N2O/c1-7(9-4-3-8)2-5-10-6-7/h9H,2-6,8H2,1H3. The van der Waals surface area contributed by atoms with Gasteiger partial charge in [-0.3, -0.25) is 0 Å². The summed E-state index contributed by atoms with van der Waals surface area (Å²) < 4.78 is 5.25. The van der Waals surface area contributed by atoms with Crippen molar-refractivity contribution in [2.24, 2.45) is 5.73 Å². The molecule has 3 heteroatoms. The van der Waals surface area contributed by atoms with Crippen LogP contribution in [0.15, 0.2) is 0 Å². The molecule has 3 N–H and O–H groups in total. The molecule has 0 saturated carbocycles. The second kappa shape index (κ2) is 3.32. The van der Waals surface area contributed by atoms with Crippen molar-refractivity contribution in [1.82, 2.24) is 5.32 Å². The highest BCUT2D eigenvalue weighted by molar-refractivity contribution is 4.86. The Kier molecular flexibility index (Phi) is 2.65. The number of hydrogen-bond acceptors (Lipinski definition) is 3. The van der Waals surface area contributed by atoms with E-state index >= 15 is 0 Å². The van der Waals surface area contributed by atoms with E-state index in [1.54, 1.807) is 0 Å². The van der Waals surface area contributed by atoms with E-state index in [1.165, 1.54) is 0 Å². The Labute approximate surface area is 61.9 Å². The van der Waals surface area contributed by atoms with E-state index in [9.17, 15) is 0 Å². The van der Waals surface area contributed by atoms with E-state index in [0.29, 0.717) is 6.54 Å². The van der Waals surface area contributed by atoms with Crippen molar-refractivity contribution in [2.45, 2.75) is 18.9 Å². The monoisotopic (exact) mass is 144 g/mol. The number of hydrogen-bond donors (Lipinski definition) is 2. The van der Waals surface area contributed by atoms with Crippen LogP contribution in [0.4, 0.5) is 0 Å². The van der Waals surface area contributed by atoms with Gasteiger partial charge in [0, 0.05) is 25.2 Å². The lowest BCUT2D eigenvalue weighted by Gasteiger charge is -2.22. The van der Waals surface area contributed by atoms with E-state index in [2.05, 4.69) is 12.2 Å². The van der Waals surface area contributed by atoms with Crippen LogP contribution >= 0.6 is 0 Å². The lowest BCUT2D eigenvalue weighted by Crippen LogP contribution is -2.44. The molecule has 1 atom stereocenters. The summed E-state index contributed by atoms with van der Waals surface area (Å²) in [5.74, 6) is 0. The highest BCUT2D eigenvalue weighted by Gasteiger charge is 2.28. The summed E-state index contributed by atoms with van der Waals surface area (Å²) >= 11 is 0. The van der Waals surface area contributed by atoms with Crippen molar-refractivity contribution in [3.05, 3.63) is 0 Å². The molecule has 0 aliphatic carbocycles. The molecule has 1 saturated heterocycles. The summed E-state index contributed by atoms with van der Waals surface area (Å²) in [6.45, 7) is 5.48. The van der Waals surface area contributed by atoms with Gasteiger partial charge in [0.1, 0.15) is 0 Å². The van der Waals surface area contributed by atoms with E-state index < -0.39 is 0 Å². The van der Waals surface area contributed by atoms with Gasteiger partial charge < -0.3 is 15.8 Å². The van der Waals surface area contributed by atoms with Crippen LogP contribution in [0.25, 0.3) is 0 Å². The Morgan fingerprint density at radius 1 is 1.70 bits per heavy atom. The van der Waals surface area contributed by atoms with Crippen LogP contribution < -0.4 is 11.1 Å². The summed E-state index contributed by atoms with van der Waals surface area (Å²) in [7, 11) is 0. The van der Waals surface area contributed by atoms with Crippen molar-refractivity contribution in [2.75, 3.05) is 26.3 Å². The maximum Gasteiger partial charge on any atom is 0.0646 e. The molecule has 0 amide bonds. The zero-order valence-electron chi connectivity index (χ0n) is 6.52. The first-order valence-electron chi connectivity index (χ1n) is 3.80. The van der Waals surface area contributed by atoms with Crippen LogP contribution in [0.5, 0.6) is 0 Å². The summed E-state index contributed by atoms with van der Waals surface area (Å²) in [6.07, 6.45) is 1.10. The largest absolute Gasteiger partial charge is 0.379 e. The molecule has 60 valence electrons. The van der Waals surface area contributed by atoms with Gasteiger partial charge in [0.2, 0.25) is 0 Å². The zero-order chi connectivity index (χ0) is 7.45. The Hall–Kier alpha value is -0.120. The van der Waals surface area contributed by atoms with E-state index in [4.69, 9.17) is 10.5 Å². The lowest BCUT2D eigenvalue weighted by atomic mass is 10.0. The van der Waals surface area contributed by atoms with Crippen molar-refractivity contribution in [3.8, 4) is 0 Å². The minimum atomic E-state index is 0.194. The summed E-state index contributed by atoms with van der Waals surface area (Å²) in [5.41, 5.74) is 5.56. The lowest BCUT2D eigenvalue weighted by molar-refractivity contribution is 0.172. The molecular weight excluding hydrogens is 128 g/mol. The van der Waals surface area contributed by atoms with Gasteiger partial charge in [-0.1, -0.05) is 0 Å². The summed E-state index contributed by atoms with van der Waals surface area (Å²) in [6, 6.07) is 0. The first-order valence-corrected chi connectivity index (χ1v) is 3.80. The van der Waals surface area contributed by atoms with Gasteiger partial charge in [-0.2, -0.15) is 0 Å². The normalized spacial score (nSPS) is 33.0. The van der Waals surface area contributed by atoms with Crippen LogP contribution in [0, 0.1) is 0 Å². The molecule has 3 nitrogen and oxygen atoms in total. The average molecular weight is 144 g/mol. The van der Waals surface area contributed by atoms with Crippen LogP contribution in [0.3, 0.4) is 0 Å². The van der Waals surface area contributed by atoms with Crippen molar-refractivity contribution < 1.29 is 4.74 Å². The van der Waals surface area contributed by atoms with Gasteiger partial charge >= 0.3 is 0 Å². The third kappa shape index (κ3) is 1.94. The number of ether oxygens (including phenoxy) is 1. The molecule has 1 heterocycles. The Balaban J connectivity index is 2.22. The van der Waals surface area contributed by atoms with Gasteiger partial charge in [-0.25, -0.2) is 0 Å². The minimum Gasteiger partial charge on any atom is -0.379 e. The van der Waals surface area contributed by atoms with Gasteiger partial charge in [-0.05, 0) is 13.3 Å². The Morgan fingerprint density at radius 2 is 2.50 bits per heavy atom. The first kappa shape index (κ1) is 7.98. The predicted octanol–water partition coefficient (Wildman–Crippen LogP) is -0.286. The number of nitrogens with two attached hydrogens (primary N) is 1. The smallest absolute Gasteiger partial charge is 0.0646 e. The fourth-order valence-corrected chi connectivity index (χ4v) is 1.18. The first-order chi connectivity index (χ1) is 4.77. The molecule has 1 fully saturated rings.